The van der Waals surface area contributed by atoms with E-state index in [1.807, 2.05) is 0 Å². The second kappa shape index (κ2) is 3.97. The zero-order valence-corrected chi connectivity index (χ0v) is 5.28. The number of Topliss-reactive ketones (excluding diaryl/α,β-unsaturated/α-hetero) is 1. The Labute approximate surface area is 57.5 Å². The van der Waals surface area contributed by atoms with Gasteiger partial charge in [-0.25, -0.2) is 0 Å². The molecule has 0 bridgehead atoms. The Bertz CT molecular complexity index is 143. The van der Waals surface area contributed by atoms with Gasteiger partial charge in [0.25, 0.3) is 0 Å². The number of aliphatic carboxylic acids is 1. The Balaban J connectivity index is 3.50. The van der Waals surface area contributed by atoms with Crippen molar-refractivity contribution < 1.29 is 19.8 Å². The maximum absolute atomic E-state index is 10.4. The van der Waals surface area contributed by atoms with Gasteiger partial charge in [-0.1, -0.05) is 0 Å². The first-order valence-electron chi connectivity index (χ1n) is 2.72. The minimum atomic E-state index is -1.54. The highest BCUT2D eigenvalue weighted by molar-refractivity contribution is 5.85. The number of hydrogen-bond acceptors (Lipinski definition) is 4. The van der Waals surface area contributed by atoms with E-state index in [0.717, 1.165) is 0 Å². The molecule has 5 nitrogen and oxygen atoms in total. The van der Waals surface area contributed by atoms with E-state index in [-0.39, 0.29) is 12.8 Å². The first-order valence-corrected chi connectivity index (χ1v) is 2.72. The van der Waals surface area contributed by atoms with Gasteiger partial charge in [0.1, 0.15) is 0 Å². The molecule has 0 amide bonds. The fraction of sp³-hybridized carbons (Fsp3) is 0.600. The summed E-state index contributed by atoms with van der Waals surface area (Å²) in [5.41, 5.74) is 4.74. The van der Waals surface area contributed by atoms with Crippen LogP contribution in [0.15, 0.2) is 0 Å². The third kappa shape index (κ3) is 3.99. The fourth-order valence-corrected chi connectivity index (χ4v) is 0.378. The smallest absolute Gasteiger partial charge is 0.303 e. The monoisotopic (exact) mass is 147 g/mol. The largest absolute Gasteiger partial charge is 0.481 e. The number of rotatable bonds is 4. The molecule has 10 heavy (non-hydrogen) atoms. The van der Waals surface area contributed by atoms with E-state index in [1.54, 1.807) is 0 Å². The number of ketones is 1. The highest BCUT2D eigenvalue weighted by atomic mass is 16.4. The lowest BCUT2D eigenvalue weighted by atomic mass is 10.2. The molecule has 0 aliphatic heterocycles. The molecular weight excluding hydrogens is 138 g/mol. The number of aliphatic hydroxyl groups is 1. The molecule has 0 aliphatic carbocycles. The van der Waals surface area contributed by atoms with Gasteiger partial charge in [0, 0.05) is 6.42 Å². The lowest BCUT2D eigenvalue weighted by molar-refractivity contribution is -0.139. The molecule has 0 saturated heterocycles. The van der Waals surface area contributed by atoms with E-state index in [9.17, 15) is 9.59 Å². The molecule has 0 unspecified atom stereocenters. The van der Waals surface area contributed by atoms with Gasteiger partial charge in [-0.15, -0.1) is 0 Å². The molecular formula is C5H9NO4. The quantitative estimate of drug-likeness (QED) is 0.429. The molecule has 0 radical (unpaired) electrons. The highest BCUT2D eigenvalue weighted by Gasteiger charge is 2.10. The summed E-state index contributed by atoms with van der Waals surface area (Å²) in [6.45, 7) is 0. The van der Waals surface area contributed by atoms with E-state index < -0.39 is 18.0 Å². The van der Waals surface area contributed by atoms with Crippen molar-refractivity contribution in [2.24, 2.45) is 5.73 Å². The summed E-state index contributed by atoms with van der Waals surface area (Å²) in [6, 6.07) is 0. The van der Waals surface area contributed by atoms with Gasteiger partial charge >= 0.3 is 5.97 Å². The Morgan fingerprint density at radius 3 is 2.20 bits per heavy atom. The Hall–Kier alpha value is -0.940. The van der Waals surface area contributed by atoms with Crippen LogP contribution < -0.4 is 5.73 Å². The van der Waals surface area contributed by atoms with Gasteiger partial charge in [-0.3, -0.25) is 15.3 Å². The second-order valence-corrected chi connectivity index (χ2v) is 1.80. The van der Waals surface area contributed by atoms with Crippen LogP contribution in [0.4, 0.5) is 0 Å². The molecule has 0 spiro atoms. The molecule has 58 valence electrons. The summed E-state index contributed by atoms with van der Waals surface area (Å²) in [6.07, 6.45) is -2.04. The zero-order valence-electron chi connectivity index (χ0n) is 5.28. The summed E-state index contributed by atoms with van der Waals surface area (Å²) in [4.78, 5) is 20.3. The molecule has 0 aliphatic rings. The van der Waals surface area contributed by atoms with Crippen LogP contribution in [0.3, 0.4) is 0 Å². The standard InChI is InChI=1S/C5H9NO4/c6-5(10)3(7)1-2-4(8)9/h5,10H,1-2,6H2,(H,8,9)/t5-/m0/s1. The molecule has 1 atom stereocenters. The second-order valence-electron chi connectivity index (χ2n) is 1.80. The van der Waals surface area contributed by atoms with Gasteiger partial charge in [0.2, 0.25) is 0 Å². The van der Waals surface area contributed by atoms with E-state index in [0.29, 0.717) is 0 Å². The molecule has 0 fully saturated rings. The van der Waals surface area contributed by atoms with Gasteiger partial charge in [-0.2, -0.15) is 0 Å². The molecule has 0 aromatic carbocycles. The molecule has 0 saturated carbocycles. The third-order valence-corrected chi connectivity index (χ3v) is 0.915. The number of carbonyl (C=O) groups is 2. The molecule has 0 aromatic heterocycles. The molecule has 0 heterocycles. The predicted octanol–water partition coefficient (Wildman–Crippen LogP) is -1.30. The van der Waals surface area contributed by atoms with Crippen LogP contribution in [0.2, 0.25) is 0 Å². The normalized spacial score (nSPS) is 12.6. The molecule has 4 N–H and O–H groups in total. The number of hydrogen-bond donors (Lipinski definition) is 3. The van der Waals surface area contributed by atoms with Crippen LogP contribution in [-0.2, 0) is 9.59 Å². The molecule has 5 heteroatoms. The van der Waals surface area contributed by atoms with Crippen molar-refractivity contribution in [2.75, 3.05) is 0 Å². The van der Waals surface area contributed by atoms with Crippen LogP contribution in [0.5, 0.6) is 0 Å². The number of carboxylic acids is 1. The molecule has 0 rings (SSSR count). The van der Waals surface area contributed by atoms with Gasteiger partial charge in [0.05, 0.1) is 6.42 Å². The van der Waals surface area contributed by atoms with Crippen LogP contribution >= 0.6 is 0 Å². The fourth-order valence-electron chi connectivity index (χ4n) is 0.378. The lowest BCUT2D eigenvalue weighted by Gasteiger charge is -1.99. The topological polar surface area (TPSA) is 101 Å². The van der Waals surface area contributed by atoms with E-state index in [4.69, 9.17) is 15.9 Å². The number of carbonyl (C=O) groups excluding carboxylic acids is 1. The maximum atomic E-state index is 10.4. The first kappa shape index (κ1) is 9.06. The van der Waals surface area contributed by atoms with Crippen molar-refractivity contribution in [1.82, 2.24) is 0 Å². The predicted molar refractivity (Wildman–Crippen MR) is 32.1 cm³/mol. The Morgan fingerprint density at radius 2 is 1.90 bits per heavy atom. The number of aliphatic hydroxyl groups excluding tert-OH is 1. The highest BCUT2D eigenvalue weighted by Crippen LogP contribution is 1.91. The Morgan fingerprint density at radius 1 is 1.40 bits per heavy atom. The summed E-state index contributed by atoms with van der Waals surface area (Å²) < 4.78 is 0. The first-order chi connectivity index (χ1) is 4.54. The average molecular weight is 147 g/mol. The summed E-state index contributed by atoms with van der Waals surface area (Å²) in [5.74, 6) is -1.73. The lowest BCUT2D eigenvalue weighted by Crippen LogP contribution is -2.29. The van der Waals surface area contributed by atoms with Crippen LogP contribution in [0, 0.1) is 0 Å². The SMILES string of the molecule is N[C@@H](O)C(=O)CCC(=O)O. The van der Waals surface area contributed by atoms with Crippen LogP contribution in [-0.4, -0.2) is 28.2 Å². The van der Waals surface area contributed by atoms with Crippen molar-refractivity contribution in [2.45, 2.75) is 19.1 Å². The number of carboxylic acid groups (broad SMARTS) is 1. The van der Waals surface area contributed by atoms with Crippen molar-refractivity contribution in [3.8, 4) is 0 Å². The summed E-state index contributed by atoms with van der Waals surface area (Å²) >= 11 is 0. The number of nitrogens with two attached hydrogens (primary N) is 1. The third-order valence-electron chi connectivity index (χ3n) is 0.915. The van der Waals surface area contributed by atoms with E-state index in [1.165, 1.54) is 0 Å². The van der Waals surface area contributed by atoms with Gasteiger partial charge in [0.15, 0.2) is 12.0 Å². The Kier molecular flexibility index (Phi) is 3.60. The van der Waals surface area contributed by atoms with Gasteiger partial charge < -0.3 is 10.2 Å². The average Bonchev–Trinajstić information content (AvgIpc) is 1.82. The van der Waals surface area contributed by atoms with E-state index >= 15 is 0 Å². The molecule has 0 aromatic rings. The van der Waals surface area contributed by atoms with Gasteiger partial charge in [-0.05, 0) is 0 Å². The van der Waals surface area contributed by atoms with Crippen molar-refractivity contribution >= 4 is 11.8 Å². The van der Waals surface area contributed by atoms with E-state index in [2.05, 4.69) is 0 Å². The zero-order chi connectivity index (χ0) is 8.15. The van der Waals surface area contributed by atoms with Crippen molar-refractivity contribution in [3.05, 3.63) is 0 Å². The van der Waals surface area contributed by atoms with Crippen LogP contribution in [0.25, 0.3) is 0 Å². The summed E-state index contributed by atoms with van der Waals surface area (Å²) in [7, 11) is 0. The van der Waals surface area contributed by atoms with Crippen molar-refractivity contribution in [1.29, 1.82) is 0 Å². The van der Waals surface area contributed by atoms with Crippen molar-refractivity contribution in [3.63, 3.8) is 0 Å². The van der Waals surface area contributed by atoms with Crippen LogP contribution in [0.1, 0.15) is 12.8 Å². The minimum absolute atomic E-state index is 0.215. The maximum Gasteiger partial charge on any atom is 0.303 e. The minimum Gasteiger partial charge on any atom is -0.481 e. The summed E-state index contributed by atoms with van der Waals surface area (Å²) in [5, 5.41) is 16.4.